The van der Waals surface area contributed by atoms with E-state index in [1.807, 2.05) is 32.9 Å². The molecule has 0 aromatic heterocycles. The topological polar surface area (TPSA) is 71.3 Å². The van der Waals surface area contributed by atoms with Gasteiger partial charge in [-0.1, -0.05) is 30.3 Å². The van der Waals surface area contributed by atoms with Gasteiger partial charge >= 0.3 is 6.09 Å². The number of piperazine rings is 1. The Morgan fingerprint density at radius 3 is 2.43 bits per heavy atom. The van der Waals surface area contributed by atoms with Crippen LogP contribution >= 0.6 is 0 Å². The molecule has 4 rings (SSSR count). The van der Waals surface area contributed by atoms with Crippen molar-refractivity contribution in [1.29, 1.82) is 0 Å². The lowest BCUT2D eigenvalue weighted by atomic mass is 10.0. The zero-order chi connectivity index (χ0) is 25.0. The first-order chi connectivity index (χ1) is 16.7. The normalized spacial score (nSPS) is 21.8. The Kier molecular flexibility index (Phi) is 7.99. The van der Waals surface area contributed by atoms with Gasteiger partial charge < -0.3 is 25.0 Å². The van der Waals surface area contributed by atoms with Gasteiger partial charge in [0.15, 0.2) is 0 Å². The van der Waals surface area contributed by atoms with Crippen LogP contribution in [-0.4, -0.2) is 84.9 Å². The highest BCUT2D eigenvalue weighted by Gasteiger charge is 2.36. The number of likely N-dealkylation sites (N-methyl/N-ethyl adjacent to an activating group) is 1. The summed E-state index contributed by atoms with van der Waals surface area (Å²) in [5.41, 5.74) is 9.31. The third kappa shape index (κ3) is 7.19. The van der Waals surface area contributed by atoms with Gasteiger partial charge in [0.2, 0.25) is 0 Å². The molecule has 2 aromatic rings. The van der Waals surface area contributed by atoms with Crippen LogP contribution in [0.25, 0.3) is 11.1 Å². The average Bonchev–Trinajstić information content (AvgIpc) is 3.19. The van der Waals surface area contributed by atoms with E-state index in [1.54, 1.807) is 4.90 Å². The van der Waals surface area contributed by atoms with E-state index in [-0.39, 0.29) is 18.2 Å². The standard InChI is InChI=1S/C28H40N4O3/c1-28(2,3)35-27(33)32-19-24(29)17-25(32)20-34-26-10-8-22(9-11-26)23-7-5-6-21(16-23)18-31-14-12-30(4)13-15-31/h5-11,16,24-25H,12-15,17-20,29H2,1-4H3/t24-,25-/m0/s1. The number of carbonyl (C=O) groups excluding carboxylic acids is 1. The Labute approximate surface area is 209 Å². The molecule has 35 heavy (non-hydrogen) atoms. The molecule has 7 heteroatoms. The molecule has 2 N–H and O–H groups in total. The van der Waals surface area contributed by atoms with Crippen LogP contribution in [0.5, 0.6) is 5.75 Å². The molecule has 2 aromatic carbocycles. The van der Waals surface area contributed by atoms with E-state index in [9.17, 15) is 4.79 Å². The molecule has 2 heterocycles. The number of hydrogen-bond donors (Lipinski definition) is 1. The maximum absolute atomic E-state index is 12.6. The molecule has 2 aliphatic rings. The molecule has 0 spiro atoms. The fraction of sp³-hybridized carbons (Fsp3) is 0.536. The van der Waals surface area contributed by atoms with Crippen molar-refractivity contribution in [3.8, 4) is 16.9 Å². The summed E-state index contributed by atoms with van der Waals surface area (Å²) < 4.78 is 11.6. The Morgan fingerprint density at radius 2 is 1.74 bits per heavy atom. The zero-order valence-electron chi connectivity index (χ0n) is 21.6. The Morgan fingerprint density at radius 1 is 1.03 bits per heavy atom. The minimum absolute atomic E-state index is 0.0587. The fourth-order valence-electron chi connectivity index (χ4n) is 4.70. The summed E-state index contributed by atoms with van der Waals surface area (Å²) in [6.45, 7) is 12.0. The van der Waals surface area contributed by atoms with Crippen LogP contribution in [0.2, 0.25) is 0 Å². The number of benzene rings is 2. The molecule has 0 unspecified atom stereocenters. The number of nitrogens with zero attached hydrogens (tertiary/aromatic N) is 3. The van der Waals surface area contributed by atoms with Crippen molar-refractivity contribution in [2.24, 2.45) is 5.73 Å². The van der Waals surface area contributed by atoms with E-state index in [4.69, 9.17) is 15.2 Å². The zero-order valence-corrected chi connectivity index (χ0v) is 21.6. The average molecular weight is 481 g/mol. The lowest BCUT2D eigenvalue weighted by molar-refractivity contribution is 0.0186. The maximum Gasteiger partial charge on any atom is 0.410 e. The molecule has 0 bridgehead atoms. The van der Waals surface area contributed by atoms with Crippen LogP contribution in [-0.2, 0) is 11.3 Å². The molecule has 2 aliphatic heterocycles. The predicted molar refractivity (Wildman–Crippen MR) is 139 cm³/mol. The summed E-state index contributed by atoms with van der Waals surface area (Å²) >= 11 is 0. The number of hydrogen-bond acceptors (Lipinski definition) is 6. The predicted octanol–water partition coefficient (Wildman–Crippen LogP) is 3.82. The van der Waals surface area contributed by atoms with Gasteiger partial charge in [-0.3, -0.25) is 4.90 Å². The summed E-state index contributed by atoms with van der Waals surface area (Å²) in [7, 11) is 2.19. The highest BCUT2D eigenvalue weighted by Crippen LogP contribution is 2.26. The quantitative estimate of drug-likeness (QED) is 0.678. The van der Waals surface area contributed by atoms with Crippen LogP contribution in [0.15, 0.2) is 48.5 Å². The van der Waals surface area contributed by atoms with Gasteiger partial charge in [0, 0.05) is 45.3 Å². The first-order valence-corrected chi connectivity index (χ1v) is 12.6. The molecule has 0 radical (unpaired) electrons. The van der Waals surface area contributed by atoms with E-state index in [0.29, 0.717) is 19.6 Å². The second-order valence-electron chi connectivity index (χ2n) is 10.9. The first-order valence-electron chi connectivity index (χ1n) is 12.6. The summed E-state index contributed by atoms with van der Waals surface area (Å²) in [4.78, 5) is 19.2. The van der Waals surface area contributed by atoms with Crippen LogP contribution < -0.4 is 10.5 Å². The largest absolute Gasteiger partial charge is 0.491 e. The molecular weight excluding hydrogens is 440 g/mol. The molecule has 7 nitrogen and oxygen atoms in total. The van der Waals surface area contributed by atoms with E-state index in [2.05, 4.69) is 53.2 Å². The summed E-state index contributed by atoms with van der Waals surface area (Å²) in [6, 6.07) is 16.8. The van der Waals surface area contributed by atoms with Crippen molar-refractivity contribution < 1.29 is 14.3 Å². The van der Waals surface area contributed by atoms with Gasteiger partial charge in [-0.15, -0.1) is 0 Å². The second kappa shape index (κ2) is 11.0. The lowest BCUT2D eigenvalue weighted by Gasteiger charge is -2.32. The van der Waals surface area contributed by atoms with Crippen LogP contribution in [0.3, 0.4) is 0 Å². The number of carbonyl (C=O) groups is 1. The van der Waals surface area contributed by atoms with Gasteiger partial charge in [0.05, 0.1) is 6.04 Å². The molecule has 0 aliphatic carbocycles. The lowest BCUT2D eigenvalue weighted by Crippen LogP contribution is -2.43. The van der Waals surface area contributed by atoms with Crippen LogP contribution in [0.1, 0.15) is 32.8 Å². The van der Waals surface area contributed by atoms with Crippen LogP contribution in [0.4, 0.5) is 4.79 Å². The Bertz CT molecular complexity index is 980. The Hall–Kier alpha value is -2.61. The monoisotopic (exact) mass is 480 g/mol. The number of ether oxygens (including phenoxy) is 2. The fourth-order valence-corrected chi connectivity index (χ4v) is 4.70. The van der Waals surface area contributed by atoms with Crippen molar-refractivity contribution >= 4 is 6.09 Å². The van der Waals surface area contributed by atoms with Gasteiger partial charge in [-0.25, -0.2) is 4.79 Å². The van der Waals surface area contributed by atoms with Crippen molar-refractivity contribution in [3.63, 3.8) is 0 Å². The summed E-state index contributed by atoms with van der Waals surface area (Å²) in [6.07, 6.45) is 0.378. The minimum Gasteiger partial charge on any atom is -0.491 e. The van der Waals surface area contributed by atoms with Gasteiger partial charge in [0.1, 0.15) is 18.0 Å². The molecule has 2 fully saturated rings. The highest BCUT2D eigenvalue weighted by molar-refractivity contribution is 5.69. The molecule has 2 saturated heterocycles. The second-order valence-corrected chi connectivity index (χ2v) is 10.9. The van der Waals surface area contributed by atoms with Crippen LogP contribution in [0, 0.1) is 0 Å². The molecule has 1 amide bonds. The first kappa shape index (κ1) is 25.5. The highest BCUT2D eigenvalue weighted by atomic mass is 16.6. The third-order valence-electron chi connectivity index (χ3n) is 6.63. The summed E-state index contributed by atoms with van der Waals surface area (Å²) in [5, 5.41) is 0. The SMILES string of the molecule is CN1CCN(Cc2cccc(-c3ccc(OC[C@@H]4C[C@H](N)CN4C(=O)OC(C)(C)C)cc3)c2)CC1. The Balaban J connectivity index is 1.34. The van der Waals surface area contributed by atoms with Crippen molar-refractivity contribution in [2.45, 2.75) is 51.4 Å². The van der Waals surface area contributed by atoms with Gasteiger partial charge in [-0.2, -0.15) is 0 Å². The van der Waals surface area contributed by atoms with E-state index in [1.165, 1.54) is 11.1 Å². The van der Waals surface area contributed by atoms with E-state index in [0.717, 1.165) is 44.0 Å². The number of rotatable bonds is 6. The van der Waals surface area contributed by atoms with Crippen molar-refractivity contribution in [2.75, 3.05) is 46.4 Å². The summed E-state index contributed by atoms with van der Waals surface area (Å²) in [5.74, 6) is 0.784. The maximum atomic E-state index is 12.6. The van der Waals surface area contributed by atoms with Crippen molar-refractivity contribution in [3.05, 3.63) is 54.1 Å². The van der Waals surface area contributed by atoms with E-state index < -0.39 is 5.60 Å². The molecule has 190 valence electrons. The minimum atomic E-state index is -0.535. The number of amides is 1. The van der Waals surface area contributed by atoms with E-state index >= 15 is 0 Å². The third-order valence-corrected chi connectivity index (χ3v) is 6.63. The molecular formula is C28H40N4O3. The van der Waals surface area contributed by atoms with Crippen molar-refractivity contribution in [1.82, 2.24) is 14.7 Å². The van der Waals surface area contributed by atoms with Gasteiger partial charge in [-0.05, 0) is 69.1 Å². The molecule has 2 atom stereocenters. The smallest absolute Gasteiger partial charge is 0.410 e. The van der Waals surface area contributed by atoms with Gasteiger partial charge in [0.25, 0.3) is 0 Å². The number of nitrogens with two attached hydrogens (primary N) is 1. The molecule has 0 saturated carbocycles. The number of likely N-dealkylation sites (tertiary alicyclic amines) is 1.